The third-order valence-corrected chi connectivity index (χ3v) is 4.52. The molecule has 2 N–H and O–H groups in total. The summed E-state index contributed by atoms with van der Waals surface area (Å²) >= 11 is 0. The molecule has 0 bridgehead atoms. The summed E-state index contributed by atoms with van der Waals surface area (Å²) in [6, 6.07) is 6.97. The van der Waals surface area contributed by atoms with Crippen molar-refractivity contribution in [3.63, 3.8) is 0 Å². The van der Waals surface area contributed by atoms with Crippen LogP contribution >= 0.6 is 0 Å². The van der Waals surface area contributed by atoms with Gasteiger partial charge in [-0.2, -0.15) is 0 Å². The summed E-state index contributed by atoms with van der Waals surface area (Å²) in [6.45, 7) is 2.26. The van der Waals surface area contributed by atoms with E-state index in [1.54, 1.807) is 11.1 Å². The molecule has 2 nitrogen and oxygen atoms in total. The Morgan fingerprint density at radius 3 is 2.56 bits per heavy atom. The molecular formula is C16H24N2. The highest BCUT2D eigenvalue weighted by Crippen LogP contribution is 2.44. The first-order valence-electron chi connectivity index (χ1n) is 7.32. The molecule has 1 aromatic carbocycles. The highest BCUT2D eigenvalue weighted by molar-refractivity contribution is 5.49. The number of hydrogen-bond acceptors (Lipinski definition) is 2. The summed E-state index contributed by atoms with van der Waals surface area (Å²) in [5, 5.41) is 6.96. The van der Waals surface area contributed by atoms with Crippen molar-refractivity contribution in [3.05, 3.63) is 29.3 Å². The standard InChI is InChI=1S/C16H24N2/c1-17-11-16(8-9-16)12-18-15-7-6-13-4-2-3-5-14(13)10-15/h6-7,10,17-18H,2-5,8-9,11-12H2,1H3. The van der Waals surface area contributed by atoms with Gasteiger partial charge in [-0.1, -0.05) is 6.07 Å². The fourth-order valence-electron chi connectivity index (χ4n) is 3.10. The largest absolute Gasteiger partial charge is 0.384 e. The van der Waals surface area contributed by atoms with Gasteiger partial charge >= 0.3 is 0 Å². The smallest absolute Gasteiger partial charge is 0.0343 e. The molecule has 0 spiro atoms. The topological polar surface area (TPSA) is 24.1 Å². The summed E-state index contributed by atoms with van der Waals surface area (Å²) in [5.41, 5.74) is 5.00. The summed E-state index contributed by atoms with van der Waals surface area (Å²) in [6.07, 6.45) is 8.01. The second-order valence-corrected chi connectivity index (χ2v) is 6.07. The van der Waals surface area contributed by atoms with Crippen LogP contribution in [-0.4, -0.2) is 20.1 Å². The molecule has 0 unspecified atom stereocenters. The first kappa shape index (κ1) is 12.0. The van der Waals surface area contributed by atoms with Gasteiger partial charge in [0.2, 0.25) is 0 Å². The lowest BCUT2D eigenvalue weighted by molar-refractivity contribution is 0.507. The molecule has 2 aliphatic carbocycles. The van der Waals surface area contributed by atoms with Gasteiger partial charge in [0.15, 0.2) is 0 Å². The van der Waals surface area contributed by atoms with E-state index in [0.717, 1.165) is 13.1 Å². The van der Waals surface area contributed by atoms with Crippen LogP contribution in [0.3, 0.4) is 0 Å². The molecule has 2 aliphatic rings. The van der Waals surface area contributed by atoms with Gasteiger partial charge in [0.05, 0.1) is 0 Å². The summed E-state index contributed by atoms with van der Waals surface area (Å²) in [4.78, 5) is 0. The fraction of sp³-hybridized carbons (Fsp3) is 0.625. The van der Waals surface area contributed by atoms with Crippen molar-refractivity contribution in [2.24, 2.45) is 5.41 Å². The Kier molecular flexibility index (Phi) is 3.29. The van der Waals surface area contributed by atoms with Crippen LogP contribution in [0, 0.1) is 5.41 Å². The third-order valence-electron chi connectivity index (χ3n) is 4.52. The van der Waals surface area contributed by atoms with Crippen molar-refractivity contribution in [2.75, 3.05) is 25.5 Å². The number of nitrogens with one attached hydrogen (secondary N) is 2. The van der Waals surface area contributed by atoms with Crippen molar-refractivity contribution < 1.29 is 0 Å². The molecule has 0 aromatic heterocycles. The van der Waals surface area contributed by atoms with Gasteiger partial charge in [0.25, 0.3) is 0 Å². The van der Waals surface area contributed by atoms with E-state index in [1.807, 2.05) is 0 Å². The minimum atomic E-state index is 0.532. The second kappa shape index (κ2) is 4.93. The summed E-state index contributed by atoms with van der Waals surface area (Å²) in [5.74, 6) is 0. The van der Waals surface area contributed by atoms with E-state index in [4.69, 9.17) is 0 Å². The maximum absolute atomic E-state index is 3.64. The van der Waals surface area contributed by atoms with Gasteiger partial charge in [-0.05, 0) is 68.8 Å². The third kappa shape index (κ3) is 2.54. The first-order valence-corrected chi connectivity index (χ1v) is 7.32. The molecule has 2 heteroatoms. The molecule has 1 aromatic rings. The average molecular weight is 244 g/mol. The number of fused-ring (bicyclic) bond motifs is 1. The van der Waals surface area contributed by atoms with Gasteiger partial charge in [-0.3, -0.25) is 0 Å². The molecule has 98 valence electrons. The van der Waals surface area contributed by atoms with E-state index in [0.29, 0.717) is 5.41 Å². The highest BCUT2D eigenvalue weighted by atomic mass is 14.9. The van der Waals surface area contributed by atoms with E-state index in [2.05, 4.69) is 35.9 Å². The normalized spacial score (nSPS) is 20.3. The molecule has 0 radical (unpaired) electrons. The average Bonchev–Trinajstić information content (AvgIpc) is 3.17. The molecule has 0 aliphatic heterocycles. The number of hydrogen-bond donors (Lipinski definition) is 2. The van der Waals surface area contributed by atoms with Gasteiger partial charge in [-0.15, -0.1) is 0 Å². The van der Waals surface area contributed by atoms with Crippen molar-refractivity contribution in [2.45, 2.75) is 38.5 Å². The summed E-state index contributed by atoms with van der Waals surface area (Å²) in [7, 11) is 2.05. The Morgan fingerprint density at radius 1 is 1.06 bits per heavy atom. The fourth-order valence-corrected chi connectivity index (χ4v) is 3.10. The van der Waals surface area contributed by atoms with Crippen molar-refractivity contribution in [1.82, 2.24) is 5.32 Å². The quantitative estimate of drug-likeness (QED) is 0.832. The van der Waals surface area contributed by atoms with Crippen LogP contribution in [0.2, 0.25) is 0 Å². The van der Waals surface area contributed by atoms with E-state index < -0.39 is 0 Å². The van der Waals surface area contributed by atoms with E-state index in [9.17, 15) is 0 Å². The van der Waals surface area contributed by atoms with E-state index >= 15 is 0 Å². The Hall–Kier alpha value is -1.02. The van der Waals surface area contributed by atoms with E-state index in [-0.39, 0.29) is 0 Å². The molecule has 1 saturated carbocycles. The molecule has 1 fully saturated rings. The zero-order chi connectivity index (χ0) is 12.4. The molecular weight excluding hydrogens is 220 g/mol. The lowest BCUT2D eigenvalue weighted by Gasteiger charge is -2.19. The number of anilines is 1. The zero-order valence-corrected chi connectivity index (χ0v) is 11.4. The molecule has 0 heterocycles. The van der Waals surface area contributed by atoms with Crippen LogP contribution in [0.25, 0.3) is 0 Å². The van der Waals surface area contributed by atoms with Crippen LogP contribution < -0.4 is 10.6 Å². The number of aryl methyl sites for hydroxylation is 2. The summed E-state index contributed by atoms with van der Waals surface area (Å²) < 4.78 is 0. The van der Waals surface area contributed by atoms with E-state index in [1.165, 1.54) is 44.2 Å². The van der Waals surface area contributed by atoms with Crippen LogP contribution in [0.5, 0.6) is 0 Å². The van der Waals surface area contributed by atoms with Crippen molar-refractivity contribution >= 4 is 5.69 Å². The predicted molar refractivity (Wildman–Crippen MR) is 77.2 cm³/mol. The van der Waals surface area contributed by atoms with Crippen LogP contribution in [0.1, 0.15) is 36.8 Å². The molecule has 18 heavy (non-hydrogen) atoms. The first-order chi connectivity index (χ1) is 8.81. The molecule has 3 rings (SSSR count). The predicted octanol–water partition coefficient (Wildman–Crippen LogP) is 2.98. The van der Waals surface area contributed by atoms with Crippen LogP contribution in [-0.2, 0) is 12.8 Å². The van der Waals surface area contributed by atoms with Crippen LogP contribution in [0.4, 0.5) is 5.69 Å². The molecule has 0 saturated heterocycles. The number of benzene rings is 1. The van der Waals surface area contributed by atoms with Crippen molar-refractivity contribution in [3.8, 4) is 0 Å². The monoisotopic (exact) mass is 244 g/mol. The second-order valence-electron chi connectivity index (χ2n) is 6.07. The Bertz CT molecular complexity index is 421. The van der Waals surface area contributed by atoms with Crippen LogP contribution in [0.15, 0.2) is 18.2 Å². The lowest BCUT2D eigenvalue weighted by Crippen LogP contribution is -2.26. The SMILES string of the molecule is CNCC1(CNc2ccc3c(c2)CCCC3)CC1. The maximum Gasteiger partial charge on any atom is 0.0343 e. The van der Waals surface area contributed by atoms with Gasteiger partial charge < -0.3 is 10.6 Å². The lowest BCUT2D eigenvalue weighted by atomic mass is 9.91. The highest BCUT2D eigenvalue weighted by Gasteiger charge is 2.41. The maximum atomic E-state index is 3.64. The molecule has 0 atom stereocenters. The van der Waals surface area contributed by atoms with Crippen molar-refractivity contribution in [1.29, 1.82) is 0 Å². The Labute approximate surface area is 110 Å². The minimum absolute atomic E-state index is 0.532. The Morgan fingerprint density at radius 2 is 1.83 bits per heavy atom. The molecule has 0 amide bonds. The van der Waals surface area contributed by atoms with Gasteiger partial charge in [-0.25, -0.2) is 0 Å². The minimum Gasteiger partial charge on any atom is -0.384 e. The number of rotatable bonds is 5. The zero-order valence-electron chi connectivity index (χ0n) is 11.4. The Balaban J connectivity index is 1.63. The van der Waals surface area contributed by atoms with Gasteiger partial charge in [0.1, 0.15) is 0 Å². The van der Waals surface area contributed by atoms with Gasteiger partial charge in [0, 0.05) is 24.2 Å².